The lowest BCUT2D eigenvalue weighted by atomic mass is 10.1. The maximum absolute atomic E-state index is 6.00. The molecule has 1 aromatic heterocycles. The number of benzene rings is 1. The molecule has 0 bridgehead atoms. The maximum atomic E-state index is 6.00. The highest BCUT2D eigenvalue weighted by Crippen LogP contribution is 2.34. The molecule has 1 aliphatic rings. The lowest BCUT2D eigenvalue weighted by Crippen LogP contribution is -2.06. The molecule has 0 radical (unpaired) electrons. The summed E-state index contributed by atoms with van der Waals surface area (Å²) in [6.07, 6.45) is 4.88. The Hall–Kier alpha value is -0.940. The summed E-state index contributed by atoms with van der Waals surface area (Å²) in [5.41, 5.74) is 0.943. The Kier molecular flexibility index (Phi) is 3.35. The second-order valence-corrected chi connectivity index (χ2v) is 5.79. The van der Waals surface area contributed by atoms with Crippen LogP contribution in [-0.4, -0.2) is 20.2 Å². The van der Waals surface area contributed by atoms with Crippen LogP contribution in [0.3, 0.4) is 0 Å². The van der Waals surface area contributed by atoms with Gasteiger partial charge in [-0.05, 0) is 57.4 Å². The van der Waals surface area contributed by atoms with Crippen molar-refractivity contribution in [3.8, 4) is 5.69 Å². The van der Waals surface area contributed by atoms with E-state index in [1.165, 1.54) is 25.7 Å². The zero-order valence-electron chi connectivity index (χ0n) is 9.68. The summed E-state index contributed by atoms with van der Waals surface area (Å²) in [6, 6.07) is 5.72. The minimum atomic E-state index is 0.481. The van der Waals surface area contributed by atoms with Crippen LogP contribution in [-0.2, 0) is 0 Å². The highest BCUT2D eigenvalue weighted by Gasteiger charge is 2.23. The van der Waals surface area contributed by atoms with Crippen LogP contribution in [0.15, 0.2) is 22.7 Å². The monoisotopic (exact) mass is 326 g/mol. The van der Waals surface area contributed by atoms with Crippen molar-refractivity contribution < 1.29 is 0 Å². The van der Waals surface area contributed by atoms with Crippen LogP contribution in [0.25, 0.3) is 5.69 Å². The predicted molar refractivity (Wildman–Crippen MR) is 73.1 cm³/mol. The normalized spacial score (nSPS) is 16.3. The molecule has 1 aromatic carbocycles. The van der Waals surface area contributed by atoms with E-state index >= 15 is 0 Å². The molecule has 0 aliphatic heterocycles. The van der Waals surface area contributed by atoms with Crippen molar-refractivity contribution in [2.75, 3.05) is 0 Å². The summed E-state index contributed by atoms with van der Waals surface area (Å²) in [5, 5.41) is 12.8. The van der Waals surface area contributed by atoms with E-state index in [9.17, 15) is 0 Å². The fraction of sp³-hybridized carbons (Fsp3) is 0.417. The van der Waals surface area contributed by atoms with Crippen LogP contribution in [0, 0.1) is 0 Å². The Morgan fingerprint density at radius 1 is 1.28 bits per heavy atom. The van der Waals surface area contributed by atoms with Crippen molar-refractivity contribution in [1.82, 2.24) is 20.2 Å². The Morgan fingerprint density at radius 3 is 2.78 bits per heavy atom. The van der Waals surface area contributed by atoms with Gasteiger partial charge in [0, 0.05) is 10.4 Å². The fourth-order valence-corrected chi connectivity index (χ4v) is 2.92. The van der Waals surface area contributed by atoms with Crippen LogP contribution < -0.4 is 0 Å². The van der Waals surface area contributed by atoms with E-state index in [1.807, 2.05) is 22.9 Å². The van der Waals surface area contributed by atoms with Crippen molar-refractivity contribution in [3.05, 3.63) is 33.5 Å². The van der Waals surface area contributed by atoms with Crippen molar-refractivity contribution in [2.45, 2.75) is 31.6 Å². The molecule has 0 saturated heterocycles. The van der Waals surface area contributed by atoms with E-state index < -0.39 is 0 Å². The van der Waals surface area contributed by atoms with E-state index in [2.05, 4.69) is 31.5 Å². The lowest BCUT2D eigenvalue weighted by molar-refractivity contribution is 0.636. The largest absolute Gasteiger partial charge is 0.197 e. The quantitative estimate of drug-likeness (QED) is 0.844. The number of hydrogen-bond donors (Lipinski definition) is 0. The number of hydrogen-bond acceptors (Lipinski definition) is 3. The van der Waals surface area contributed by atoms with Gasteiger partial charge >= 0.3 is 0 Å². The van der Waals surface area contributed by atoms with Gasteiger partial charge in [-0.15, -0.1) is 5.10 Å². The number of tetrazole rings is 1. The molecule has 0 spiro atoms. The van der Waals surface area contributed by atoms with E-state index in [-0.39, 0.29) is 0 Å². The van der Waals surface area contributed by atoms with Gasteiger partial charge in [-0.2, -0.15) is 4.68 Å². The Balaban J connectivity index is 2.00. The van der Waals surface area contributed by atoms with Gasteiger partial charge < -0.3 is 0 Å². The predicted octanol–water partition coefficient (Wildman–Crippen LogP) is 3.74. The molecule has 4 nitrogen and oxygen atoms in total. The first-order valence-electron chi connectivity index (χ1n) is 5.99. The van der Waals surface area contributed by atoms with E-state index in [4.69, 9.17) is 11.6 Å². The van der Waals surface area contributed by atoms with Gasteiger partial charge in [0.2, 0.25) is 0 Å². The van der Waals surface area contributed by atoms with Gasteiger partial charge in [0.15, 0.2) is 5.82 Å². The summed E-state index contributed by atoms with van der Waals surface area (Å²) >= 11 is 9.43. The standard InChI is InChI=1S/C12H12BrClN4/c13-10-7-9(5-6-11(10)14)18-12(15-16-17-18)8-3-1-2-4-8/h5-8H,1-4H2. The second kappa shape index (κ2) is 4.97. The molecule has 1 heterocycles. The van der Waals surface area contributed by atoms with E-state index in [0.717, 1.165) is 16.0 Å². The van der Waals surface area contributed by atoms with E-state index in [1.54, 1.807) is 0 Å². The molecular weight excluding hydrogens is 316 g/mol. The summed E-state index contributed by atoms with van der Waals surface area (Å²) in [5.74, 6) is 1.44. The molecule has 0 atom stereocenters. The van der Waals surface area contributed by atoms with Crippen LogP contribution in [0.1, 0.15) is 37.4 Å². The molecule has 0 unspecified atom stereocenters. The minimum absolute atomic E-state index is 0.481. The summed E-state index contributed by atoms with van der Waals surface area (Å²) in [4.78, 5) is 0. The first kappa shape index (κ1) is 12.1. The van der Waals surface area contributed by atoms with Crippen molar-refractivity contribution in [1.29, 1.82) is 0 Å². The van der Waals surface area contributed by atoms with Crippen LogP contribution in [0.5, 0.6) is 0 Å². The molecule has 1 fully saturated rings. The lowest BCUT2D eigenvalue weighted by Gasteiger charge is -2.10. The smallest absolute Gasteiger partial charge is 0.159 e. The average molecular weight is 328 g/mol. The van der Waals surface area contributed by atoms with Gasteiger partial charge in [0.25, 0.3) is 0 Å². The number of halogens is 2. The third-order valence-electron chi connectivity index (χ3n) is 3.36. The van der Waals surface area contributed by atoms with Gasteiger partial charge in [-0.25, -0.2) is 0 Å². The zero-order chi connectivity index (χ0) is 12.5. The highest BCUT2D eigenvalue weighted by atomic mass is 79.9. The third-order valence-corrected chi connectivity index (χ3v) is 4.58. The van der Waals surface area contributed by atoms with Crippen LogP contribution in [0.4, 0.5) is 0 Å². The molecule has 1 aliphatic carbocycles. The Labute approximate surface area is 118 Å². The zero-order valence-corrected chi connectivity index (χ0v) is 12.0. The highest BCUT2D eigenvalue weighted by molar-refractivity contribution is 9.10. The van der Waals surface area contributed by atoms with Crippen LogP contribution in [0.2, 0.25) is 5.02 Å². The van der Waals surface area contributed by atoms with Crippen molar-refractivity contribution in [3.63, 3.8) is 0 Å². The first-order chi connectivity index (χ1) is 8.75. The molecule has 3 rings (SSSR count). The number of rotatable bonds is 2. The van der Waals surface area contributed by atoms with Gasteiger partial charge in [0.1, 0.15) is 0 Å². The molecule has 6 heteroatoms. The molecule has 18 heavy (non-hydrogen) atoms. The third kappa shape index (κ3) is 2.17. The van der Waals surface area contributed by atoms with Crippen molar-refractivity contribution in [2.24, 2.45) is 0 Å². The van der Waals surface area contributed by atoms with Crippen molar-refractivity contribution >= 4 is 27.5 Å². The average Bonchev–Trinajstić information content (AvgIpc) is 3.00. The number of aromatic nitrogens is 4. The minimum Gasteiger partial charge on any atom is -0.197 e. The molecular formula is C12H12BrClN4. The Morgan fingerprint density at radius 2 is 2.06 bits per heavy atom. The SMILES string of the molecule is Clc1ccc(-n2nnnc2C2CCCC2)cc1Br. The van der Waals surface area contributed by atoms with Gasteiger partial charge in [-0.1, -0.05) is 24.4 Å². The summed E-state index contributed by atoms with van der Waals surface area (Å²) in [6.45, 7) is 0. The molecule has 0 amide bonds. The van der Waals surface area contributed by atoms with Gasteiger partial charge in [0.05, 0.1) is 10.7 Å². The fourth-order valence-electron chi connectivity index (χ4n) is 2.43. The van der Waals surface area contributed by atoms with Crippen LogP contribution >= 0.6 is 27.5 Å². The molecule has 1 saturated carbocycles. The topological polar surface area (TPSA) is 43.6 Å². The Bertz CT molecular complexity index is 563. The molecule has 94 valence electrons. The second-order valence-electron chi connectivity index (χ2n) is 4.53. The first-order valence-corrected chi connectivity index (χ1v) is 7.16. The summed E-state index contributed by atoms with van der Waals surface area (Å²) in [7, 11) is 0. The molecule has 2 aromatic rings. The number of nitrogens with zero attached hydrogens (tertiary/aromatic N) is 4. The maximum Gasteiger partial charge on any atom is 0.159 e. The van der Waals surface area contributed by atoms with E-state index in [0.29, 0.717) is 10.9 Å². The summed E-state index contributed by atoms with van der Waals surface area (Å²) < 4.78 is 2.67. The molecule has 0 N–H and O–H groups in total. The van der Waals surface area contributed by atoms with Gasteiger partial charge in [-0.3, -0.25) is 0 Å².